The van der Waals surface area contributed by atoms with Crippen LogP contribution in [-0.2, 0) is 18.3 Å². The quantitative estimate of drug-likeness (QED) is 0.623. The van der Waals surface area contributed by atoms with E-state index in [1.807, 2.05) is 55.8 Å². The maximum atomic E-state index is 13.0. The van der Waals surface area contributed by atoms with Crippen molar-refractivity contribution in [1.29, 1.82) is 0 Å². The van der Waals surface area contributed by atoms with Crippen molar-refractivity contribution in [1.82, 2.24) is 19.4 Å². The van der Waals surface area contributed by atoms with E-state index >= 15 is 0 Å². The third-order valence-electron chi connectivity index (χ3n) is 5.22. The highest BCUT2D eigenvalue weighted by molar-refractivity contribution is 5.95. The average Bonchev–Trinajstić information content (AvgIpc) is 3.01. The second-order valence-corrected chi connectivity index (χ2v) is 7.36. The van der Waals surface area contributed by atoms with E-state index in [4.69, 9.17) is 4.74 Å². The minimum atomic E-state index is -0.382. The molecule has 154 valence electrons. The van der Waals surface area contributed by atoms with Crippen molar-refractivity contribution in [3.05, 3.63) is 63.3 Å². The fraction of sp³-hybridized carbons (Fsp3) is 0.409. The summed E-state index contributed by atoms with van der Waals surface area (Å²) in [7, 11) is 3.55. The zero-order chi connectivity index (χ0) is 21.1. The van der Waals surface area contributed by atoms with Crippen LogP contribution in [0.1, 0.15) is 46.8 Å². The van der Waals surface area contributed by atoms with Gasteiger partial charge in [0, 0.05) is 33.0 Å². The van der Waals surface area contributed by atoms with Crippen molar-refractivity contribution in [2.75, 3.05) is 13.7 Å². The molecular formula is C22H28N4O3. The molecule has 2 heterocycles. The van der Waals surface area contributed by atoms with Crippen LogP contribution < -0.4 is 10.9 Å². The first-order valence-electron chi connectivity index (χ1n) is 9.77. The minimum Gasteiger partial charge on any atom is -0.385 e. The van der Waals surface area contributed by atoms with Crippen molar-refractivity contribution in [2.24, 2.45) is 7.05 Å². The monoisotopic (exact) mass is 396 g/mol. The van der Waals surface area contributed by atoms with Gasteiger partial charge >= 0.3 is 0 Å². The standard InChI is InChI=1S/C22H28N4O3/c1-14-13-15(2)26(11-8-12-29-5)22(28)19(14)21(27)23-16(3)20-24-17-9-6-7-10-18(17)25(20)4/h6-7,9-10,13,16H,8,11-12H2,1-5H3,(H,23,27). The summed E-state index contributed by atoms with van der Waals surface area (Å²) in [5.74, 6) is 0.359. The fourth-order valence-electron chi connectivity index (χ4n) is 3.73. The first-order chi connectivity index (χ1) is 13.8. The third kappa shape index (κ3) is 4.10. The van der Waals surface area contributed by atoms with Gasteiger partial charge in [0.1, 0.15) is 11.4 Å². The number of hydrogen-bond acceptors (Lipinski definition) is 4. The summed E-state index contributed by atoms with van der Waals surface area (Å²) in [4.78, 5) is 30.7. The molecule has 0 fully saturated rings. The molecule has 0 radical (unpaired) electrons. The number of hydrogen-bond donors (Lipinski definition) is 1. The second-order valence-electron chi connectivity index (χ2n) is 7.36. The Hall–Kier alpha value is -2.93. The number of methoxy groups -OCH3 is 1. The van der Waals surface area contributed by atoms with Gasteiger partial charge in [-0.15, -0.1) is 0 Å². The van der Waals surface area contributed by atoms with Gasteiger partial charge in [-0.1, -0.05) is 12.1 Å². The van der Waals surface area contributed by atoms with E-state index in [1.54, 1.807) is 18.6 Å². The second kappa shape index (κ2) is 8.61. The number of para-hydroxylation sites is 2. The maximum absolute atomic E-state index is 13.0. The van der Waals surface area contributed by atoms with Crippen LogP contribution in [0.2, 0.25) is 0 Å². The van der Waals surface area contributed by atoms with Crippen molar-refractivity contribution >= 4 is 16.9 Å². The predicted octanol–water partition coefficient (Wildman–Crippen LogP) is 2.88. The largest absolute Gasteiger partial charge is 0.385 e. The maximum Gasteiger partial charge on any atom is 0.263 e. The van der Waals surface area contributed by atoms with E-state index in [0.29, 0.717) is 25.1 Å². The molecule has 0 aliphatic heterocycles. The minimum absolute atomic E-state index is 0.179. The number of amides is 1. The highest BCUT2D eigenvalue weighted by atomic mass is 16.5. The number of carbonyl (C=O) groups excluding carboxylic acids is 1. The lowest BCUT2D eigenvalue weighted by atomic mass is 10.1. The number of pyridine rings is 1. The molecule has 3 rings (SSSR count). The Kier molecular flexibility index (Phi) is 6.17. The Balaban J connectivity index is 1.88. The molecule has 2 aromatic heterocycles. The first-order valence-corrected chi connectivity index (χ1v) is 9.77. The molecule has 0 saturated heterocycles. The van der Waals surface area contributed by atoms with Crippen LogP contribution in [0.5, 0.6) is 0 Å². The lowest BCUT2D eigenvalue weighted by molar-refractivity contribution is 0.0935. The van der Waals surface area contributed by atoms with Crippen molar-refractivity contribution in [3.63, 3.8) is 0 Å². The molecule has 7 nitrogen and oxygen atoms in total. The number of rotatable bonds is 7. The number of benzene rings is 1. The van der Waals surface area contributed by atoms with Gasteiger partial charge in [-0.05, 0) is 51.0 Å². The van der Waals surface area contributed by atoms with Crippen LogP contribution in [0.25, 0.3) is 11.0 Å². The summed E-state index contributed by atoms with van der Waals surface area (Å²) in [6.07, 6.45) is 0.706. The SMILES string of the molecule is COCCCn1c(C)cc(C)c(C(=O)NC(C)c2nc3ccccc3n2C)c1=O. The lowest BCUT2D eigenvalue weighted by Crippen LogP contribution is -2.36. The lowest BCUT2D eigenvalue weighted by Gasteiger charge is -2.17. The average molecular weight is 396 g/mol. The number of nitrogens with one attached hydrogen (secondary N) is 1. The number of aryl methyl sites for hydroxylation is 3. The predicted molar refractivity (Wildman–Crippen MR) is 113 cm³/mol. The molecular weight excluding hydrogens is 368 g/mol. The number of aromatic nitrogens is 3. The molecule has 0 saturated carbocycles. The molecule has 1 N–H and O–H groups in total. The number of nitrogens with zero attached hydrogens (tertiary/aromatic N) is 3. The molecule has 1 aromatic carbocycles. The molecule has 29 heavy (non-hydrogen) atoms. The van der Waals surface area contributed by atoms with Gasteiger partial charge in [0.2, 0.25) is 0 Å². The summed E-state index contributed by atoms with van der Waals surface area (Å²) in [6, 6.07) is 9.35. The van der Waals surface area contributed by atoms with Crippen molar-refractivity contribution in [3.8, 4) is 0 Å². The van der Waals surface area contributed by atoms with Gasteiger partial charge in [-0.25, -0.2) is 4.98 Å². The van der Waals surface area contributed by atoms with Crippen LogP contribution in [0, 0.1) is 13.8 Å². The Bertz CT molecular complexity index is 1100. The van der Waals surface area contributed by atoms with E-state index in [2.05, 4.69) is 10.3 Å². The van der Waals surface area contributed by atoms with Crippen LogP contribution in [0.15, 0.2) is 35.1 Å². The molecule has 0 aliphatic rings. The summed E-state index contributed by atoms with van der Waals surface area (Å²) in [6.45, 7) is 6.62. The van der Waals surface area contributed by atoms with Gasteiger partial charge in [0.25, 0.3) is 11.5 Å². The molecule has 1 amide bonds. The summed E-state index contributed by atoms with van der Waals surface area (Å²) in [5, 5.41) is 2.95. The summed E-state index contributed by atoms with van der Waals surface area (Å²) < 4.78 is 8.68. The molecule has 1 unspecified atom stereocenters. The highest BCUT2D eigenvalue weighted by Gasteiger charge is 2.22. The van der Waals surface area contributed by atoms with Crippen molar-refractivity contribution in [2.45, 2.75) is 39.8 Å². The van der Waals surface area contributed by atoms with Gasteiger partial charge in [-0.2, -0.15) is 0 Å². The third-order valence-corrected chi connectivity index (χ3v) is 5.22. The molecule has 0 bridgehead atoms. The Morgan fingerprint density at radius 3 is 2.69 bits per heavy atom. The van der Waals surface area contributed by atoms with E-state index in [1.165, 1.54) is 0 Å². The van der Waals surface area contributed by atoms with Crippen LogP contribution in [-0.4, -0.2) is 33.7 Å². The smallest absolute Gasteiger partial charge is 0.263 e. The summed E-state index contributed by atoms with van der Waals surface area (Å²) in [5.41, 5.74) is 3.29. The van der Waals surface area contributed by atoms with Gasteiger partial charge in [0.05, 0.1) is 17.1 Å². The van der Waals surface area contributed by atoms with Crippen LogP contribution >= 0.6 is 0 Å². The van der Waals surface area contributed by atoms with E-state index < -0.39 is 0 Å². The zero-order valence-electron chi connectivity index (χ0n) is 17.7. The van der Waals surface area contributed by atoms with Gasteiger partial charge < -0.3 is 19.2 Å². The fourth-order valence-corrected chi connectivity index (χ4v) is 3.73. The normalized spacial score (nSPS) is 12.3. The number of imidazole rings is 1. The van der Waals surface area contributed by atoms with Gasteiger partial charge in [0.15, 0.2) is 0 Å². The zero-order valence-corrected chi connectivity index (χ0v) is 17.7. The van der Waals surface area contributed by atoms with E-state index in [0.717, 1.165) is 22.6 Å². The molecule has 3 aromatic rings. The Labute approximate surface area is 170 Å². The summed E-state index contributed by atoms with van der Waals surface area (Å²) >= 11 is 0. The highest BCUT2D eigenvalue weighted by Crippen LogP contribution is 2.19. The number of fused-ring (bicyclic) bond motifs is 1. The van der Waals surface area contributed by atoms with Crippen LogP contribution in [0.4, 0.5) is 0 Å². The van der Waals surface area contributed by atoms with Crippen molar-refractivity contribution < 1.29 is 9.53 Å². The molecule has 7 heteroatoms. The Morgan fingerprint density at radius 1 is 1.28 bits per heavy atom. The Morgan fingerprint density at radius 2 is 2.00 bits per heavy atom. The molecule has 1 atom stereocenters. The van der Waals surface area contributed by atoms with Gasteiger partial charge in [-0.3, -0.25) is 9.59 Å². The van der Waals surface area contributed by atoms with E-state index in [9.17, 15) is 9.59 Å². The number of ether oxygens (including phenoxy) is 1. The molecule has 0 aliphatic carbocycles. The topological polar surface area (TPSA) is 78.2 Å². The van der Waals surface area contributed by atoms with Crippen LogP contribution in [0.3, 0.4) is 0 Å². The number of carbonyl (C=O) groups is 1. The first kappa shape index (κ1) is 20.8. The molecule has 0 spiro atoms. The van der Waals surface area contributed by atoms with E-state index in [-0.39, 0.29) is 23.1 Å².